The first-order valence-electron chi connectivity index (χ1n) is 8.82. The highest BCUT2D eigenvalue weighted by atomic mass is 16.7. The van der Waals surface area contributed by atoms with Crippen LogP contribution >= 0.6 is 0 Å². The van der Waals surface area contributed by atoms with E-state index >= 15 is 0 Å². The minimum absolute atomic E-state index is 0.0518. The van der Waals surface area contributed by atoms with E-state index in [1.807, 2.05) is 6.07 Å². The van der Waals surface area contributed by atoms with E-state index in [-0.39, 0.29) is 11.2 Å². The van der Waals surface area contributed by atoms with Crippen LogP contribution in [0.15, 0.2) is 29.1 Å². The summed E-state index contributed by atoms with van der Waals surface area (Å²) in [5.41, 5.74) is 0.752. The molecule has 0 bridgehead atoms. The molecule has 0 saturated heterocycles. The summed E-state index contributed by atoms with van der Waals surface area (Å²) in [5, 5.41) is 0. The zero-order chi connectivity index (χ0) is 17.4. The lowest BCUT2D eigenvalue weighted by Crippen LogP contribution is -2.27. The zero-order valence-corrected chi connectivity index (χ0v) is 14.8. The highest BCUT2D eigenvalue weighted by Gasteiger charge is 2.44. The summed E-state index contributed by atoms with van der Waals surface area (Å²) in [6.45, 7) is 5.29. The van der Waals surface area contributed by atoms with E-state index in [2.05, 4.69) is 0 Å². The van der Waals surface area contributed by atoms with E-state index in [0.717, 1.165) is 18.4 Å². The maximum Gasteiger partial charge on any atom is 0.514 e. The molecule has 0 radical (unpaired) electrons. The topological polar surface area (TPSA) is 52.6 Å². The van der Waals surface area contributed by atoms with Gasteiger partial charge in [0.25, 0.3) is 0 Å². The van der Waals surface area contributed by atoms with Gasteiger partial charge in [-0.1, -0.05) is 12.1 Å². The van der Waals surface area contributed by atoms with Gasteiger partial charge < -0.3 is 9.47 Å². The number of ether oxygens (including phenoxy) is 2. The molecular formula is C20H26O4. The molecule has 4 heteroatoms. The van der Waals surface area contributed by atoms with Crippen LogP contribution in [0.4, 0.5) is 4.79 Å². The monoisotopic (exact) mass is 330 g/mol. The standard InChI is InChI=1S/C20H26O4/c1-19(2,3)24-18(22)23-17-13-15(5-4-6-16(17)21)14-7-9-20(10-8-14)11-12-20/h4-6,13-14H,7-12H2,1-3H3. The number of rotatable bonds is 2. The van der Waals surface area contributed by atoms with Gasteiger partial charge in [-0.3, -0.25) is 4.79 Å². The van der Waals surface area contributed by atoms with E-state index < -0.39 is 11.8 Å². The van der Waals surface area contributed by atoms with Crippen LogP contribution in [0, 0.1) is 5.41 Å². The van der Waals surface area contributed by atoms with Crippen molar-refractivity contribution in [3.8, 4) is 5.75 Å². The quantitative estimate of drug-likeness (QED) is 0.731. The van der Waals surface area contributed by atoms with Gasteiger partial charge in [-0.25, -0.2) is 4.79 Å². The molecule has 4 nitrogen and oxygen atoms in total. The summed E-state index contributed by atoms with van der Waals surface area (Å²) in [4.78, 5) is 24.0. The lowest BCUT2D eigenvalue weighted by atomic mass is 9.77. The van der Waals surface area contributed by atoms with Crippen LogP contribution in [0.25, 0.3) is 0 Å². The van der Waals surface area contributed by atoms with Crippen LogP contribution in [-0.4, -0.2) is 11.8 Å². The van der Waals surface area contributed by atoms with Gasteiger partial charge in [-0.2, -0.15) is 0 Å². The van der Waals surface area contributed by atoms with Crippen LogP contribution in [0.2, 0.25) is 0 Å². The van der Waals surface area contributed by atoms with Gasteiger partial charge in [0.2, 0.25) is 5.43 Å². The van der Waals surface area contributed by atoms with Crippen molar-refractivity contribution in [2.75, 3.05) is 0 Å². The summed E-state index contributed by atoms with van der Waals surface area (Å²) < 4.78 is 10.3. The normalized spacial score (nSPS) is 19.8. The average molecular weight is 330 g/mol. The second kappa shape index (κ2) is 6.23. The van der Waals surface area contributed by atoms with E-state index in [1.54, 1.807) is 32.9 Å². The lowest BCUT2D eigenvalue weighted by Gasteiger charge is -2.28. The number of hydrogen-bond acceptors (Lipinski definition) is 4. The molecule has 0 aromatic heterocycles. The SMILES string of the molecule is CC(C)(C)OC(=O)Oc1cc(C2CCC3(CC2)CC3)cccc1=O. The molecule has 1 spiro atoms. The Hall–Kier alpha value is -1.84. The van der Waals surface area contributed by atoms with Crippen molar-refractivity contribution in [2.45, 2.75) is 70.8 Å². The van der Waals surface area contributed by atoms with Gasteiger partial charge in [-0.15, -0.1) is 0 Å². The van der Waals surface area contributed by atoms with Crippen molar-refractivity contribution < 1.29 is 14.3 Å². The summed E-state index contributed by atoms with van der Waals surface area (Å²) in [6.07, 6.45) is 6.73. The number of carbonyl (C=O) groups excluding carboxylic acids is 1. The molecule has 24 heavy (non-hydrogen) atoms. The molecule has 2 aliphatic carbocycles. The van der Waals surface area contributed by atoms with Gasteiger partial charge in [0.15, 0.2) is 5.75 Å². The Morgan fingerprint density at radius 1 is 1.12 bits per heavy atom. The first-order chi connectivity index (χ1) is 11.3. The molecule has 1 aromatic carbocycles. The van der Waals surface area contributed by atoms with Crippen molar-refractivity contribution in [1.29, 1.82) is 0 Å². The largest absolute Gasteiger partial charge is 0.514 e. The molecule has 0 amide bonds. The molecular weight excluding hydrogens is 304 g/mol. The third-order valence-corrected chi connectivity index (χ3v) is 5.13. The first-order valence-corrected chi connectivity index (χ1v) is 8.82. The van der Waals surface area contributed by atoms with Crippen molar-refractivity contribution in [1.82, 2.24) is 0 Å². The Bertz CT molecular complexity index is 673. The van der Waals surface area contributed by atoms with Crippen LogP contribution < -0.4 is 10.2 Å². The van der Waals surface area contributed by atoms with E-state index in [0.29, 0.717) is 11.3 Å². The van der Waals surface area contributed by atoms with E-state index in [1.165, 1.54) is 31.7 Å². The molecule has 0 atom stereocenters. The second-order valence-corrected chi connectivity index (χ2v) is 8.24. The molecule has 0 unspecified atom stereocenters. The summed E-state index contributed by atoms with van der Waals surface area (Å²) in [5.74, 6) is 0.486. The van der Waals surface area contributed by atoms with Crippen molar-refractivity contribution in [2.24, 2.45) is 5.41 Å². The fourth-order valence-corrected chi connectivity index (χ4v) is 3.53. The Kier molecular flexibility index (Phi) is 4.41. The van der Waals surface area contributed by atoms with Crippen LogP contribution in [0.3, 0.4) is 0 Å². The fraction of sp³-hybridized carbons (Fsp3) is 0.600. The van der Waals surface area contributed by atoms with Gasteiger partial charge in [0, 0.05) is 0 Å². The minimum Gasteiger partial charge on any atom is -0.428 e. The Labute approximate surface area is 143 Å². The van der Waals surface area contributed by atoms with E-state index in [9.17, 15) is 9.59 Å². The predicted octanol–water partition coefficient (Wildman–Crippen LogP) is 4.80. The minimum atomic E-state index is -0.836. The third kappa shape index (κ3) is 4.16. The van der Waals surface area contributed by atoms with Crippen molar-refractivity contribution >= 4 is 6.16 Å². The van der Waals surface area contributed by atoms with Gasteiger partial charge in [0.1, 0.15) is 5.60 Å². The Morgan fingerprint density at radius 2 is 1.79 bits per heavy atom. The molecule has 0 aliphatic heterocycles. The maximum absolute atomic E-state index is 12.1. The third-order valence-electron chi connectivity index (χ3n) is 5.13. The van der Waals surface area contributed by atoms with E-state index in [4.69, 9.17) is 9.47 Å². The Morgan fingerprint density at radius 3 is 2.38 bits per heavy atom. The van der Waals surface area contributed by atoms with Crippen molar-refractivity contribution in [3.63, 3.8) is 0 Å². The van der Waals surface area contributed by atoms with Gasteiger partial charge >= 0.3 is 6.16 Å². The predicted molar refractivity (Wildman–Crippen MR) is 92.5 cm³/mol. The van der Waals surface area contributed by atoms with Crippen molar-refractivity contribution in [3.05, 3.63) is 40.1 Å². The lowest BCUT2D eigenvalue weighted by molar-refractivity contribution is 0.0204. The molecule has 2 saturated carbocycles. The maximum atomic E-state index is 12.1. The summed E-state index contributed by atoms with van der Waals surface area (Å²) >= 11 is 0. The summed E-state index contributed by atoms with van der Waals surface area (Å²) in [7, 11) is 0. The highest BCUT2D eigenvalue weighted by Crippen LogP contribution is 2.58. The number of carbonyl (C=O) groups is 1. The van der Waals surface area contributed by atoms with Gasteiger partial charge in [0.05, 0.1) is 0 Å². The second-order valence-electron chi connectivity index (χ2n) is 8.24. The molecule has 130 valence electrons. The molecule has 1 aromatic rings. The van der Waals surface area contributed by atoms with Crippen LogP contribution in [0.5, 0.6) is 5.75 Å². The molecule has 2 fully saturated rings. The smallest absolute Gasteiger partial charge is 0.428 e. The highest BCUT2D eigenvalue weighted by molar-refractivity contribution is 5.64. The van der Waals surface area contributed by atoms with Gasteiger partial charge in [-0.05, 0) is 88.3 Å². The number of hydrogen-bond donors (Lipinski definition) is 0. The fourth-order valence-electron chi connectivity index (χ4n) is 3.53. The summed E-state index contributed by atoms with van der Waals surface area (Å²) in [6, 6.07) is 6.89. The van der Waals surface area contributed by atoms with Crippen LogP contribution in [0.1, 0.15) is 70.8 Å². The molecule has 2 aliphatic rings. The first kappa shape index (κ1) is 17.0. The molecule has 0 N–H and O–H groups in total. The zero-order valence-electron chi connectivity index (χ0n) is 14.8. The molecule has 3 rings (SSSR count). The Balaban J connectivity index is 1.76. The van der Waals surface area contributed by atoms with Crippen LogP contribution in [-0.2, 0) is 4.74 Å². The molecule has 0 heterocycles. The average Bonchev–Trinajstić information content (AvgIpc) is 3.25.